The average molecular weight is 417 g/mol. The molecule has 1 N–H and O–H groups in total. The van der Waals surface area contributed by atoms with Gasteiger partial charge in [0.15, 0.2) is 0 Å². The van der Waals surface area contributed by atoms with Crippen LogP contribution in [0, 0.1) is 0 Å². The van der Waals surface area contributed by atoms with Crippen molar-refractivity contribution in [3.8, 4) is 0 Å². The van der Waals surface area contributed by atoms with E-state index in [0.29, 0.717) is 6.42 Å². The Morgan fingerprint density at radius 1 is 0.750 bits per heavy atom. The van der Waals surface area contributed by atoms with Crippen molar-refractivity contribution >= 4 is 18.3 Å². The van der Waals surface area contributed by atoms with E-state index < -0.39 is 0 Å². The van der Waals surface area contributed by atoms with E-state index in [4.69, 9.17) is 0 Å². The summed E-state index contributed by atoms with van der Waals surface area (Å²) in [6.07, 6.45) is 22.3. The van der Waals surface area contributed by atoms with E-state index in [0.717, 1.165) is 32.6 Å². The molecule has 168 valence electrons. The molecule has 0 saturated heterocycles. The first-order chi connectivity index (χ1) is 13.2. The molecule has 4 heteroatoms. The molecule has 0 aliphatic heterocycles. The maximum atomic E-state index is 11.8. The molecule has 0 fully saturated rings. The molecule has 0 aromatic rings. The number of likely N-dealkylation sites (N-methyl/N-ethyl adjacent to an activating group) is 1. The Morgan fingerprint density at radius 3 is 1.79 bits per heavy atom. The number of allylic oxidation sites excluding steroid dienone is 2. The molecule has 0 heterocycles. The summed E-state index contributed by atoms with van der Waals surface area (Å²) in [5, 5.41) is 3.04. The summed E-state index contributed by atoms with van der Waals surface area (Å²) < 4.78 is 0. The second kappa shape index (κ2) is 24.5. The maximum absolute atomic E-state index is 11.8. The predicted molar refractivity (Wildman–Crippen MR) is 127 cm³/mol. The quantitative estimate of drug-likeness (QED) is 0.173. The van der Waals surface area contributed by atoms with Crippen LogP contribution in [0.3, 0.4) is 0 Å². The molecule has 28 heavy (non-hydrogen) atoms. The van der Waals surface area contributed by atoms with Crippen LogP contribution in [0.4, 0.5) is 0 Å². The fourth-order valence-corrected chi connectivity index (χ4v) is 3.34. The van der Waals surface area contributed by atoms with Gasteiger partial charge in [0.25, 0.3) is 0 Å². The van der Waals surface area contributed by atoms with Crippen molar-refractivity contribution in [1.29, 1.82) is 0 Å². The minimum Gasteiger partial charge on any atom is -0.355 e. The van der Waals surface area contributed by atoms with Gasteiger partial charge in [0.1, 0.15) is 0 Å². The number of unbranched alkanes of at least 4 members (excludes halogenated alkanes) is 11. The molecule has 0 unspecified atom stereocenters. The zero-order chi connectivity index (χ0) is 20.0. The lowest BCUT2D eigenvalue weighted by atomic mass is 10.1. The second-order valence-electron chi connectivity index (χ2n) is 7.71. The number of rotatable bonds is 20. The fraction of sp³-hybridized carbons (Fsp3) is 0.875. The number of hydrogen-bond acceptors (Lipinski definition) is 2. The van der Waals surface area contributed by atoms with Gasteiger partial charge >= 0.3 is 0 Å². The molecule has 0 aromatic heterocycles. The lowest BCUT2D eigenvalue weighted by molar-refractivity contribution is -0.121. The molecule has 0 atom stereocenters. The number of halogens is 1. The van der Waals surface area contributed by atoms with Gasteiger partial charge in [0.2, 0.25) is 5.91 Å². The van der Waals surface area contributed by atoms with Crippen molar-refractivity contribution in [2.75, 3.05) is 26.2 Å². The first-order valence-corrected chi connectivity index (χ1v) is 11.9. The van der Waals surface area contributed by atoms with E-state index >= 15 is 0 Å². The molecule has 0 aliphatic rings. The average Bonchev–Trinajstić information content (AvgIpc) is 2.68. The summed E-state index contributed by atoms with van der Waals surface area (Å²) in [6, 6.07) is 0. The van der Waals surface area contributed by atoms with Crippen LogP contribution in [-0.4, -0.2) is 37.0 Å². The van der Waals surface area contributed by atoms with Gasteiger partial charge in [-0.1, -0.05) is 84.3 Å². The minimum atomic E-state index is 0. The molecule has 0 aromatic carbocycles. The summed E-state index contributed by atoms with van der Waals surface area (Å²) in [6.45, 7) is 10.5. The van der Waals surface area contributed by atoms with Gasteiger partial charge in [0, 0.05) is 19.5 Å². The topological polar surface area (TPSA) is 32.3 Å². The summed E-state index contributed by atoms with van der Waals surface area (Å²) >= 11 is 0. The van der Waals surface area contributed by atoms with Gasteiger partial charge in [0.05, 0.1) is 0 Å². The Labute approximate surface area is 182 Å². The van der Waals surface area contributed by atoms with Crippen molar-refractivity contribution in [1.82, 2.24) is 10.2 Å². The lowest BCUT2D eigenvalue weighted by Crippen LogP contribution is -2.34. The van der Waals surface area contributed by atoms with E-state index in [-0.39, 0.29) is 18.3 Å². The molecule has 0 saturated carbocycles. The second-order valence-corrected chi connectivity index (χ2v) is 7.71. The molecular formula is C24H49ClN2O. The number of carbonyl (C=O) groups excluding carboxylic acids is 1. The summed E-state index contributed by atoms with van der Waals surface area (Å²) in [5.41, 5.74) is 0. The number of carbonyl (C=O) groups is 1. The van der Waals surface area contributed by atoms with Gasteiger partial charge in [-0.2, -0.15) is 0 Å². The largest absolute Gasteiger partial charge is 0.355 e. The van der Waals surface area contributed by atoms with E-state index in [1.165, 1.54) is 77.0 Å². The minimum absolute atomic E-state index is 0. The number of nitrogens with one attached hydrogen (secondary N) is 1. The highest BCUT2D eigenvalue weighted by molar-refractivity contribution is 5.85. The summed E-state index contributed by atoms with van der Waals surface area (Å²) in [7, 11) is 0. The predicted octanol–water partition coefficient (Wildman–Crippen LogP) is 6.90. The first-order valence-electron chi connectivity index (χ1n) is 11.9. The van der Waals surface area contributed by atoms with Gasteiger partial charge < -0.3 is 10.2 Å². The van der Waals surface area contributed by atoms with Crippen LogP contribution in [0.1, 0.15) is 111 Å². The van der Waals surface area contributed by atoms with Crippen molar-refractivity contribution in [2.45, 2.75) is 111 Å². The zero-order valence-electron chi connectivity index (χ0n) is 19.1. The van der Waals surface area contributed by atoms with E-state index in [1.54, 1.807) is 0 Å². The Balaban J connectivity index is 0. The molecular weight excluding hydrogens is 368 g/mol. The van der Waals surface area contributed by atoms with Crippen molar-refractivity contribution in [3.05, 3.63) is 12.2 Å². The van der Waals surface area contributed by atoms with Crippen LogP contribution in [0.25, 0.3) is 0 Å². The third-order valence-electron chi connectivity index (χ3n) is 5.31. The molecule has 0 rings (SSSR count). The first kappa shape index (κ1) is 29.7. The van der Waals surface area contributed by atoms with Gasteiger partial charge in [-0.05, 0) is 45.2 Å². The van der Waals surface area contributed by atoms with Crippen LogP contribution >= 0.6 is 12.4 Å². The Hall–Kier alpha value is -0.540. The standard InChI is InChI=1S/C24H48N2O.ClH/c1-4-7-8-9-10-11-12-13-14-15-16-17-18-19-20-21-24(27)25-22-23-26(5-2)6-3;/h13-14H,4-12,15-23H2,1-3H3,(H,25,27);1H. The van der Waals surface area contributed by atoms with Crippen molar-refractivity contribution in [3.63, 3.8) is 0 Å². The van der Waals surface area contributed by atoms with Crippen LogP contribution in [0.5, 0.6) is 0 Å². The van der Waals surface area contributed by atoms with E-state index in [9.17, 15) is 4.79 Å². The number of amides is 1. The smallest absolute Gasteiger partial charge is 0.220 e. The Bertz CT molecular complexity index is 343. The Kier molecular flexibility index (Phi) is 25.9. The van der Waals surface area contributed by atoms with Crippen LogP contribution in [0.15, 0.2) is 12.2 Å². The molecule has 0 bridgehead atoms. The highest BCUT2D eigenvalue weighted by Crippen LogP contribution is 2.09. The van der Waals surface area contributed by atoms with Crippen molar-refractivity contribution in [2.24, 2.45) is 0 Å². The van der Waals surface area contributed by atoms with Gasteiger partial charge in [-0.25, -0.2) is 0 Å². The van der Waals surface area contributed by atoms with E-state index in [2.05, 4.69) is 43.1 Å². The van der Waals surface area contributed by atoms with Crippen LogP contribution < -0.4 is 5.32 Å². The molecule has 3 nitrogen and oxygen atoms in total. The summed E-state index contributed by atoms with van der Waals surface area (Å²) in [5.74, 6) is 0.222. The lowest BCUT2D eigenvalue weighted by Gasteiger charge is -2.17. The normalized spacial score (nSPS) is 11.1. The van der Waals surface area contributed by atoms with E-state index in [1.807, 2.05) is 0 Å². The highest BCUT2D eigenvalue weighted by Gasteiger charge is 2.02. The Morgan fingerprint density at radius 2 is 1.25 bits per heavy atom. The monoisotopic (exact) mass is 416 g/mol. The van der Waals surface area contributed by atoms with Gasteiger partial charge in [-0.3, -0.25) is 4.79 Å². The van der Waals surface area contributed by atoms with Gasteiger partial charge in [-0.15, -0.1) is 12.4 Å². The van der Waals surface area contributed by atoms with Crippen molar-refractivity contribution < 1.29 is 4.79 Å². The maximum Gasteiger partial charge on any atom is 0.220 e. The number of nitrogens with zero attached hydrogens (tertiary/aromatic N) is 1. The fourth-order valence-electron chi connectivity index (χ4n) is 3.34. The van der Waals surface area contributed by atoms with Crippen LogP contribution in [0.2, 0.25) is 0 Å². The molecule has 1 amide bonds. The molecule has 0 aliphatic carbocycles. The third kappa shape index (κ3) is 21.8. The van der Waals surface area contributed by atoms with Crippen LogP contribution in [-0.2, 0) is 4.79 Å². The third-order valence-corrected chi connectivity index (χ3v) is 5.31. The SMILES string of the molecule is CCCCCCCCC=CCCCCCCCC(=O)NCCN(CC)CC.Cl. The highest BCUT2D eigenvalue weighted by atomic mass is 35.5. The summed E-state index contributed by atoms with van der Waals surface area (Å²) in [4.78, 5) is 14.1. The number of hydrogen-bond donors (Lipinski definition) is 1. The zero-order valence-corrected chi connectivity index (χ0v) is 20.0. The molecule has 0 radical (unpaired) electrons. The molecule has 0 spiro atoms.